The number of hydrogen-bond donors (Lipinski definition) is 1. The van der Waals surface area contributed by atoms with Crippen LogP contribution in [0.3, 0.4) is 0 Å². The predicted octanol–water partition coefficient (Wildman–Crippen LogP) is 2.74. The standard InChI is InChI=1S/C11H9N3S2/c1-7-13-14-11(16-7)10(15)9-5-3-2-4-8(9)6-12/h2-5,10,15H,1H3. The summed E-state index contributed by atoms with van der Waals surface area (Å²) in [7, 11) is 0. The molecule has 1 atom stereocenters. The minimum absolute atomic E-state index is 0.179. The van der Waals surface area contributed by atoms with Crippen molar-refractivity contribution in [2.24, 2.45) is 0 Å². The van der Waals surface area contributed by atoms with Crippen LogP contribution in [-0.4, -0.2) is 10.2 Å². The second-order valence-electron chi connectivity index (χ2n) is 3.26. The fraction of sp³-hybridized carbons (Fsp3) is 0.182. The molecule has 1 aromatic heterocycles. The van der Waals surface area contributed by atoms with E-state index in [0.29, 0.717) is 5.56 Å². The van der Waals surface area contributed by atoms with Gasteiger partial charge in [-0.15, -0.1) is 21.5 Å². The molecular weight excluding hydrogens is 238 g/mol. The lowest BCUT2D eigenvalue weighted by atomic mass is 10.1. The lowest BCUT2D eigenvalue weighted by Crippen LogP contribution is -1.96. The maximum absolute atomic E-state index is 9.00. The molecule has 5 heteroatoms. The van der Waals surface area contributed by atoms with Crippen LogP contribution in [0, 0.1) is 18.3 Å². The zero-order chi connectivity index (χ0) is 11.5. The molecule has 0 saturated carbocycles. The van der Waals surface area contributed by atoms with Crippen molar-refractivity contribution in [3.05, 3.63) is 45.4 Å². The molecule has 0 N–H and O–H groups in total. The van der Waals surface area contributed by atoms with E-state index in [1.54, 1.807) is 6.07 Å². The molecule has 2 rings (SSSR count). The Balaban J connectivity index is 2.41. The van der Waals surface area contributed by atoms with Crippen molar-refractivity contribution in [2.45, 2.75) is 12.2 Å². The fourth-order valence-electron chi connectivity index (χ4n) is 1.39. The average molecular weight is 247 g/mol. The minimum Gasteiger partial charge on any atom is -0.192 e. The smallest absolute Gasteiger partial charge is 0.134 e. The third kappa shape index (κ3) is 2.08. The Morgan fingerprint density at radius 3 is 2.75 bits per heavy atom. The number of nitriles is 1. The van der Waals surface area contributed by atoms with Gasteiger partial charge in [0.15, 0.2) is 0 Å². The van der Waals surface area contributed by atoms with Gasteiger partial charge in [0.2, 0.25) is 0 Å². The quantitative estimate of drug-likeness (QED) is 0.830. The molecule has 3 nitrogen and oxygen atoms in total. The molecule has 80 valence electrons. The Bertz CT molecular complexity index is 542. The van der Waals surface area contributed by atoms with Gasteiger partial charge in [0.05, 0.1) is 16.9 Å². The Labute approximate surface area is 103 Å². The van der Waals surface area contributed by atoms with Crippen LogP contribution in [0.5, 0.6) is 0 Å². The lowest BCUT2D eigenvalue weighted by molar-refractivity contribution is 0.973. The zero-order valence-electron chi connectivity index (χ0n) is 8.58. The van der Waals surface area contributed by atoms with Gasteiger partial charge in [-0.05, 0) is 18.6 Å². The number of benzene rings is 1. The van der Waals surface area contributed by atoms with Crippen molar-refractivity contribution in [3.63, 3.8) is 0 Å². The molecule has 0 aliphatic rings. The van der Waals surface area contributed by atoms with Crippen LogP contribution < -0.4 is 0 Å². The summed E-state index contributed by atoms with van der Waals surface area (Å²) < 4.78 is 0. The van der Waals surface area contributed by atoms with Crippen LogP contribution in [0.15, 0.2) is 24.3 Å². The highest BCUT2D eigenvalue weighted by Crippen LogP contribution is 2.31. The van der Waals surface area contributed by atoms with Crippen molar-refractivity contribution in [1.82, 2.24) is 10.2 Å². The van der Waals surface area contributed by atoms with E-state index in [1.165, 1.54) is 11.3 Å². The first-order chi connectivity index (χ1) is 7.72. The van der Waals surface area contributed by atoms with Crippen molar-refractivity contribution < 1.29 is 0 Å². The zero-order valence-corrected chi connectivity index (χ0v) is 10.3. The van der Waals surface area contributed by atoms with Crippen LogP contribution in [0.4, 0.5) is 0 Å². The number of rotatable bonds is 2. The number of thiol groups is 1. The summed E-state index contributed by atoms with van der Waals surface area (Å²) in [5.41, 5.74) is 1.51. The van der Waals surface area contributed by atoms with Gasteiger partial charge in [-0.2, -0.15) is 17.9 Å². The van der Waals surface area contributed by atoms with Crippen LogP contribution in [0.2, 0.25) is 0 Å². The third-order valence-corrected chi connectivity index (χ3v) is 3.75. The molecule has 2 aromatic rings. The monoisotopic (exact) mass is 247 g/mol. The molecule has 1 aromatic carbocycles. The van der Waals surface area contributed by atoms with E-state index in [1.807, 2.05) is 25.1 Å². The maximum Gasteiger partial charge on any atom is 0.134 e. The second kappa shape index (κ2) is 4.64. The molecule has 0 bridgehead atoms. The van der Waals surface area contributed by atoms with Crippen molar-refractivity contribution in [3.8, 4) is 6.07 Å². The van der Waals surface area contributed by atoms with E-state index < -0.39 is 0 Å². The number of nitrogens with zero attached hydrogens (tertiary/aromatic N) is 3. The Kier molecular flexibility index (Phi) is 3.22. The van der Waals surface area contributed by atoms with E-state index in [9.17, 15) is 0 Å². The van der Waals surface area contributed by atoms with Crippen LogP contribution in [0.25, 0.3) is 0 Å². The van der Waals surface area contributed by atoms with E-state index >= 15 is 0 Å². The summed E-state index contributed by atoms with van der Waals surface area (Å²) >= 11 is 6.00. The van der Waals surface area contributed by atoms with Crippen molar-refractivity contribution >= 4 is 24.0 Å². The van der Waals surface area contributed by atoms with E-state index in [-0.39, 0.29) is 5.25 Å². The molecule has 1 heterocycles. The molecule has 0 aliphatic carbocycles. The lowest BCUT2D eigenvalue weighted by Gasteiger charge is -2.08. The van der Waals surface area contributed by atoms with Crippen LogP contribution in [-0.2, 0) is 0 Å². The molecule has 0 amide bonds. The number of aromatic nitrogens is 2. The van der Waals surface area contributed by atoms with Gasteiger partial charge in [0.1, 0.15) is 10.0 Å². The summed E-state index contributed by atoms with van der Waals surface area (Å²) in [4.78, 5) is 0. The Morgan fingerprint density at radius 1 is 1.38 bits per heavy atom. The summed E-state index contributed by atoms with van der Waals surface area (Å²) in [5.74, 6) is 0. The highest BCUT2D eigenvalue weighted by atomic mass is 32.1. The van der Waals surface area contributed by atoms with Crippen molar-refractivity contribution in [2.75, 3.05) is 0 Å². The highest BCUT2D eigenvalue weighted by Gasteiger charge is 2.16. The number of hydrogen-bond acceptors (Lipinski definition) is 5. The molecular formula is C11H9N3S2. The Morgan fingerprint density at radius 2 is 2.12 bits per heavy atom. The molecule has 0 spiro atoms. The third-order valence-electron chi connectivity index (χ3n) is 2.15. The van der Waals surface area contributed by atoms with Crippen LogP contribution >= 0.6 is 24.0 Å². The first kappa shape index (κ1) is 11.1. The second-order valence-corrected chi connectivity index (χ2v) is 4.99. The van der Waals surface area contributed by atoms with Gasteiger partial charge in [-0.3, -0.25) is 0 Å². The normalized spacial score (nSPS) is 12.1. The van der Waals surface area contributed by atoms with Gasteiger partial charge in [0.25, 0.3) is 0 Å². The molecule has 0 saturated heterocycles. The van der Waals surface area contributed by atoms with Crippen molar-refractivity contribution in [1.29, 1.82) is 5.26 Å². The number of aryl methyl sites for hydroxylation is 1. The van der Waals surface area contributed by atoms with Gasteiger partial charge in [-0.25, -0.2) is 0 Å². The summed E-state index contributed by atoms with van der Waals surface area (Å²) in [5, 5.41) is 18.6. The fourth-order valence-corrected chi connectivity index (χ4v) is 2.53. The first-order valence-electron chi connectivity index (χ1n) is 4.69. The van der Waals surface area contributed by atoms with Gasteiger partial charge in [0, 0.05) is 0 Å². The van der Waals surface area contributed by atoms with E-state index in [4.69, 9.17) is 5.26 Å². The Hall–Kier alpha value is -1.38. The minimum atomic E-state index is -0.179. The van der Waals surface area contributed by atoms with Crippen LogP contribution in [0.1, 0.15) is 26.4 Å². The molecule has 0 radical (unpaired) electrons. The first-order valence-corrected chi connectivity index (χ1v) is 6.02. The van der Waals surface area contributed by atoms with E-state index in [0.717, 1.165) is 15.6 Å². The summed E-state index contributed by atoms with van der Waals surface area (Å²) in [6.07, 6.45) is 0. The topological polar surface area (TPSA) is 49.6 Å². The van der Waals surface area contributed by atoms with Gasteiger partial charge in [-0.1, -0.05) is 18.2 Å². The predicted molar refractivity (Wildman–Crippen MR) is 66.6 cm³/mol. The average Bonchev–Trinajstić information content (AvgIpc) is 2.75. The highest BCUT2D eigenvalue weighted by molar-refractivity contribution is 7.81. The molecule has 0 fully saturated rings. The molecule has 0 aliphatic heterocycles. The largest absolute Gasteiger partial charge is 0.192 e. The van der Waals surface area contributed by atoms with E-state index in [2.05, 4.69) is 28.9 Å². The maximum atomic E-state index is 9.00. The van der Waals surface area contributed by atoms with Gasteiger partial charge < -0.3 is 0 Å². The van der Waals surface area contributed by atoms with Gasteiger partial charge >= 0.3 is 0 Å². The molecule has 1 unspecified atom stereocenters. The summed E-state index contributed by atoms with van der Waals surface area (Å²) in [6, 6.07) is 9.58. The molecule has 16 heavy (non-hydrogen) atoms. The summed E-state index contributed by atoms with van der Waals surface area (Å²) in [6.45, 7) is 1.90. The SMILES string of the molecule is Cc1nnc(C(S)c2ccccc2C#N)s1.